The number of aromatic nitrogens is 2. The quantitative estimate of drug-likeness (QED) is 0.908. The lowest BCUT2D eigenvalue weighted by molar-refractivity contribution is -0.126. The van der Waals surface area contributed by atoms with Crippen LogP contribution >= 0.6 is 11.6 Å². The van der Waals surface area contributed by atoms with Gasteiger partial charge in [-0.25, -0.2) is 0 Å². The van der Waals surface area contributed by atoms with Crippen molar-refractivity contribution in [3.8, 4) is 0 Å². The van der Waals surface area contributed by atoms with Gasteiger partial charge in [-0.2, -0.15) is 5.10 Å². The van der Waals surface area contributed by atoms with Crippen molar-refractivity contribution in [1.82, 2.24) is 15.1 Å². The number of rotatable bonds is 5. The lowest BCUT2D eigenvalue weighted by Gasteiger charge is -2.29. The molecule has 1 aromatic heterocycles. The average Bonchev–Trinajstić information content (AvgIpc) is 3.15. The minimum atomic E-state index is -0.0954. The van der Waals surface area contributed by atoms with Crippen LogP contribution < -0.4 is 5.32 Å². The molecule has 3 rings (SSSR count). The Morgan fingerprint density at radius 3 is 2.86 bits per heavy atom. The topological polar surface area (TPSA) is 46.9 Å². The van der Waals surface area contributed by atoms with Gasteiger partial charge in [-0.05, 0) is 43.9 Å². The minimum Gasteiger partial charge on any atom is -0.353 e. The number of fused-ring (bicyclic) bond motifs is 2. The molecule has 1 heterocycles. The molecule has 2 aliphatic carbocycles. The van der Waals surface area contributed by atoms with Gasteiger partial charge in [-0.3, -0.25) is 9.48 Å². The van der Waals surface area contributed by atoms with Crippen LogP contribution in [0.25, 0.3) is 0 Å². The fraction of sp³-hybridized carbons (Fsp3) is 0.750. The van der Waals surface area contributed by atoms with Crippen molar-refractivity contribution in [1.29, 1.82) is 0 Å². The maximum atomic E-state index is 12.3. The lowest BCUT2D eigenvalue weighted by atomic mass is 9.84. The zero-order chi connectivity index (χ0) is 15.0. The first-order valence-corrected chi connectivity index (χ1v) is 8.39. The van der Waals surface area contributed by atoms with Crippen LogP contribution in [0.15, 0.2) is 12.4 Å². The number of carbonyl (C=O) groups excluding carboxylic acids is 1. The molecule has 0 radical (unpaired) electrons. The summed E-state index contributed by atoms with van der Waals surface area (Å²) in [5, 5.41) is 7.96. The van der Waals surface area contributed by atoms with E-state index in [4.69, 9.17) is 11.6 Å². The number of nitrogens with zero attached hydrogens (tertiary/aromatic N) is 2. The van der Waals surface area contributed by atoms with Crippen molar-refractivity contribution >= 4 is 17.5 Å². The number of amides is 1. The van der Waals surface area contributed by atoms with Gasteiger partial charge in [0.05, 0.1) is 23.7 Å². The standard InChI is InChI=1S/C16H24ClN3O/c1-10(8-20-9-14(17)7-18-20)16(21)19-11(2)15-6-12-3-4-13(15)5-12/h7,9-13,15H,3-6,8H2,1-2H3,(H,19,21)/t10-,11-,12+,13+,15+/m1/s1. The summed E-state index contributed by atoms with van der Waals surface area (Å²) in [5.74, 6) is 2.46. The highest BCUT2D eigenvalue weighted by atomic mass is 35.5. The van der Waals surface area contributed by atoms with Crippen LogP contribution in [-0.2, 0) is 11.3 Å². The predicted octanol–water partition coefficient (Wildman–Crippen LogP) is 3.11. The van der Waals surface area contributed by atoms with E-state index in [0.717, 1.165) is 11.8 Å². The molecule has 0 saturated heterocycles. The third kappa shape index (κ3) is 3.25. The van der Waals surface area contributed by atoms with E-state index in [9.17, 15) is 4.79 Å². The van der Waals surface area contributed by atoms with Crippen molar-refractivity contribution in [3.63, 3.8) is 0 Å². The maximum Gasteiger partial charge on any atom is 0.224 e. The maximum absolute atomic E-state index is 12.3. The predicted molar refractivity (Wildman–Crippen MR) is 82.9 cm³/mol. The van der Waals surface area contributed by atoms with E-state index >= 15 is 0 Å². The average molecular weight is 310 g/mol. The second-order valence-electron chi connectivity index (χ2n) is 6.92. The summed E-state index contributed by atoms with van der Waals surface area (Å²) in [6, 6.07) is 0.288. The molecule has 1 amide bonds. The smallest absolute Gasteiger partial charge is 0.224 e. The molecule has 0 spiro atoms. The summed E-state index contributed by atoms with van der Waals surface area (Å²) < 4.78 is 1.73. The molecule has 0 aliphatic heterocycles. The fourth-order valence-electron chi connectivity index (χ4n) is 4.18. The van der Waals surface area contributed by atoms with Gasteiger partial charge in [0.15, 0.2) is 0 Å². The zero-order valence-corrected chi connectivity index (χ0v) is 13.5. The molecule has 4 nitrogen and oxygen atoms in total. The molecule has 1 aromatic rings. The molecule has 0 aromatic carbocycles. The van der Waals surface area contributed by atoms with Crippen molar-refractivity contribution in [2.24, 2.45) is 23.7 Å². The van der Waals surface area contributed by atoms with E-state index in [1.165, 1.54) is 25.7 Å². The Kier molecular flexibility index (Phi) is 4.25. The van der Waals surface area contributed by atoms with Crippen LogP contribution in [0.4, 0.5) is 0 Å². The van der Waals surface area contributed by atoms with E-state index in [-0.39, 0.29) is 17.9 Å². The Labute approximate surface area is 131 Å². The van der Waals surface area contributed by atoms with E-state index in [0.29, 0.717) is 17.5 Å². The highest BCUT2D eigenvalue weighted by Crippen LogP contribution is 2.49. The van der Waals surface area contributed by atoms with Gasteiger partial charge in [0, 0.05) is 12.2 Å². The largest absolute Gasteiger partial charge is 0.353 e. The summed E-state index contributed by atoms with van der Waals surface area (Å²) in [6.07, 6.45) is 8.80. The zero-order valence-electron chi connectivity index (χ0n) is 12.8. The third-order valence-corrected chi connectivity index (χ3v) is 5.51. The summed E-state index contributed by atoms with van der Waals surface area (Å²) in [4.78, 5) is 12.3. The van der Waals surface area contributed by atoms with Crippen LogP contribution in [0.2, 0.25) is 5.02 Å². The third-order valence-electron chi connectivity index (χ3n) is 5.32. The SMILES string of the molecule is C[C@H](Cn1cc(Cl)cn1)C(=O)N[C@H](C)[C@@H]1C[C@H]2CC[C@H]1C2. The van der Waals surface area contributed by atoms with Crippen LogP contribution in [0, 0.1) is 23.7 Å². The Bertz CT molecular complexity index is 515. The van der Waals surface area contributed by atoms with Gasteiger partial charge in [-0.15, -0.1) is 0 Å². The van der Waals surface area contributed by atoms with Crippen LogP contribution in [-0.4, -0.2) is 21.7 Å². The summed E-state index contributed by atoms with van der Waals surface area (Å²) in [5.41, 5.74) is 0. The summed E-state index contributed by atoms with van der Waals surface area (Å²) in [7, 11) is 0. The Balaban J connectivity index is 1.51. The van der Waals surface area contributed by atoms with Crippen LogP contribution in [0.1, 0.15) is 39.5 Å². The minimum absolute atomic E-state index is 0.0954. The molecule has 2 fully saturated rings. The van der Waals surface area contributed by atoms with Gasteiger partial charge >= 0.3 is 0 Å². The number of nitrogens with one attached hydrogen (secondary N) is 1. The van der Waals surface area contributed by atoms with E-state index in [1.54, 1.807) is 17.1 Å². The van der Waals surface area contributed by atoms with Crippen molar-refractivity contribution in [2.45, 2.75) is 52.1 Å². The summed E-state index contributed by atoms with van der Waals surface area (Å²) in [6.45, 7) is 4.68. The van der Waals surface area contributed by atoms with E-state index in [1.807, 2.05) is 6.92 Å². The molecule has 5 atom stereocenters. The van der Waals surface area contributed by atoms with Gasteiger partial charge in [0.25, 0.3) is 0 Å². The fourth-order valence-corrected chi connectivity index (χ4v) is 4.34. The molecule has 116 valence electrons. The Morgan fingerprint density at radius 2 is 2.29 bits per heavy atom. The van der Waals surface area contributed by atoms with Crippen molar-refractivity contribution in [3.05, 3.63) is 17.4 Å². The van der Waals surface area contributed by atoms with E-state index in [2.05, 4.69) is 17.3 Å². The van der Waals surface area contributed by atoms with Crippen LogP contribution in [0.5, 0.6) is 0 Å². The van der Waals surface area contributed by atoms with Crippen LogP contribution in [0.3, 0.4) is 0 Å². The van der Waals surface area contributed by atoms with E-state index < -0.39 is 0 Å². The number of carbonyl (C=O) groups is 1. The van der Waals surface area contributed by atoms with Gasteiger partial charge in [-0.1, -0.05) is 24.9 Å². The monoisotopic (exact) mass is 309 g/mol. The highest BCUT2D eigenvalue weighted by Gasteiger charge is 2.42. The molecule has 2 aliphatic rings. The first kappa shape index (κ1) is 14.9. The molecule has 21 heavy (non-hydrogen) atoms. The molecule has 1 N–H and O–H groups in total. The first-order chi connectivity index (χ1) is 10.0. The molecule has 5 heteroatoms. The van der Waals surface area contributed by atoms with Crippen molar-refractivity contribution < 1.29 is 4.79 Å². The second kappa shape index (κ2) is 5.99. The van der Waals surface area contributed by atoms with Crippen molar-refractivity contribution in [2.75, 3.05) is 0 Å². The molecular formula is C16H24ClN3O. The number of hydrogen-bond donors (Lipinski definition) is 1. The number of halogens is 1. The molecular weight excluding hydrogens is 286 g/mol. The summed E-state index contributed by atoms with van der Waals surface area (Å²) >= 11 is 5.85. The van der Waals surface area contributed by atoms with Gasteiger partial charge in [0.1, 0.15) is 0 Å². The Hall–Kier alpha value is -1.03. The number of hydrogen-bond acceptors (Lipinski definition) is 2. The first-order valence-electron chi connectivity index (χ1n) is 8.01. The molecule has 0 unspecified atom stereocenters. The second-order valence-corrected chi connectivity index (χ2v) is 7.35. The van der Waals surface area contributed by atoms with Gasteiger partial charge < -0.3 is 5.32 Å². The lowest BCUT2D eigenvalue weighted by Crippen LogP contribution is -2.43. The molecule has 2 bridgehead atoms. The Morgan fingerprint density at radius 1 is 1.48 bits per heavy atom. The highest BCUT2D eigenvalue weighted by molar-refractivity contribution is 6.30. The molecule has 2 saturated carbocycles. The normalized spacial score (nSPS) is 30.3. The van der Waals surface area contributed by atoms with Gasteiger partial charge in [0.2, 0.25) is 5.91 Å².